The molecule has 3 nitrogen and oxygen atoms in total. The third-order valence-electron chi connectivity index (χ3n) is 3.19. The van der Waals surface area contributed by atoms with Gasteiger partial charge in [0.2, 0.25) is 0 Å². The molecule has 0 aromatic rings. The van der Waals surface area contributed by atoms with Crippen molar-refractivity contribution in [2.75, 3.05) is 0 Å². The van der Waals surface area contributed by atoms with Crippen molar-refractivity contribution in [2.24, 2.45) is 5.92 Å². The van der Waals surface area contributed by atoms with E-state index in [-0.39, 0.29) is 0 Å². The summed E-state index contributed by atoms with van der Waals surface area (Å²) in [6.45, 7) is 12.6. The van der Waals surface area contributed by atoms with E-state index in [0.717, 1.165) is 12.8 Å². The molecule has 0 atom stereocenters. The van der Waals surface area contributed by atoms with Gasteiger partial charge in [-0.1, -0.05) is 31.6 Å². The lowest BCUT2D eigenvalue weighted by molar-refractivity contribution is 0.0398. The molecule has 0 aromatic carbocycles. The predicted octanol–water partition coefficient (Wildman–Crippen LogP) is 3.63. The minimum Gasteiger partial charge on any atom is -0.444 e. The first kappa shape index (κ1) is 16.1. The lowest BCUT2D eigenvalue weighted by atomic mass is 9.69. The first-order chi connectivity index (χ1) is 8.45. The van der Waals surface area contributed by atoms with Crippen LogP contribution in [-0.4, -0.2) is 25.3 Å². The monoisotopic (exact) mass is 281 g/mol. The van der Waals surface area contributed by atoms with Crippen molar-refractivity contribution in [3.05, 3.63) is 0 Å². The van der Waals surface area contributed by atoms with Crippen molar-refractivity contribution in [1.82, 2.24) is 5.32 Å². The van der Waals surface area contributed by atoms with Crippen molar-refractivity contribution in [1.29, 1.82) is 0 Å². The molecule has 1 N–H and O–H groups in total. The Balaban J connectivity index is 2.50. The van der Waals surface area contributed by atoms with Crippen molar-refractivity contribution in [3.8, 4) is 12.3 Å². The minimum atomic E-state index is -1.06. The van der Waals surface area contributed by atoms with Crippen LogP contribution in [0.3, 0.4) is 0 Å². The quantitative estimate of drug-likeness (QED) is 0.633. The zero-order valence-corrected chi connectivity index (χ0v) is 14.1. The Kier molecular flexibility index (Phi) is 4.41. The SMILES string of the molecule is C#CC1(NC(=O)OC(C)(C)C)CC(C[Si](C)(C)C)C1. The standard InChI is InChI=1S/C15H27NO2Si/c1-8-15(16-13(17)18-14(2,3)4)9-12(10-15)11-19(5,6)7/h1,12H,9-11H2,2-7H3,(H,16,17). The third-order valence-corrected chi connectivity index (χ3v) is 4.99. The van der Waals surface area contributed by atoms with Gasteiger partial charge in [-0.3, -0.25) is 0 Å². The molecule has 4 heteroatoms. The fraction of sp³-hybridized carbons (Fsp3) is 0.800. The van der Waals surface area contributed by atoms with Crippen LogP contribution in [0.1, 0.15) is 33.6 Å². The van der Waals surface area contributed by atoms with Gasteiger partial charge >= 0.3 is 6.09 Å². The maximum Gasteiger partial charge on any atom is 0.408 e. The molecule has 1 rings (SSSR count). The first-order valence-corrected chi connectivity index (χ1v) is 10.6. The van der Waals surface area contributed by atoms with Crippen molar-refractivity contribution >= 4 is 14.2 Å². The van der Waals surface area contributed by atoms with Crippen LogP contribution in [0.15, 0.2) is 0 Å². The van der Waals surface area contributed by atoms with Gasteiger partial charge < -0.3 is 10.1 Å². The van der Waals surface area contributed by atoms with Gasteiger partial charge in [-0.05, 0) is 39.5 Å². The molecule has 0 radical (unpaired) electrons. The van der Waals surface area contributed by atoms with E-state index in [1.54, 1.807) is 0 Å². The summed E-state index contributed by atoms with van der Waals surface area (Å²) < 4.78 is 5.27. The van der Waals surface area contributed by atoms with Crippen molar-refractivity contribution < 1.29 is 9.53 Å². The van der Waals surface area contributed by atoms with E-state index in [9.17, 15) is 4.79 Å². The molecule has 1 saturated carbocycles. The van der Waals surface area contributed by atoms with Crippen LogP contribution in [-0.2, 0) is 4.74 Å². The smallest absolute Gasteiger partial charge is 0.408 e. The highest BCUT2D eigenvalue weighted by Crippen LogP contribution is 2.42. The van der Waals surface area contributed by atoms with Gasteiger partial charge in [-0.15, -0.1) is 6.42 Å². The molecule has 0 aromatic heterocycles. The third kappa shape index (κ3) is 5.28. The van der Waals surface area contributed by atoms with Crippen LogP contribution >= 0.6 is 0 Å². The molecular formula is C15H27NO2Si. The van der Waals surface area contributed by atoms with Gasteiger partial charge in [-0.25, -0.2) is 4.79 Å². The van der Waals surface area contributed by atoms with E-state index in [4.69, 9.17) is 11.2 Å². The van der Waals surface area contributed by atoms with E-state index in [1.165, 1.54) is 6.04 Å². The topological polar surface area (TPSA) is 38.3 Å². The van der Waals surface area contributed by atoms with Crippen molar-refractivity contribution in [2.45, 2.75) is 70.4 Å². The lowest BCUT2D eigenvalue weighted by Crippen LogP contribution is -2.58. The van der Waals surface area contributed by atoms with E-state index in [2.05, 4.69) is 30.9 Å². The van der Waals surface area contributed by atoms with Gasteiger partial charge in [0.25, 0.3) is 0 Å². The summed E-state index contributed by atoms with van der Waals surface area (Å²) in [7, 11) is -1.06. The number of carbonyl (C=O) groups excluding carboxylic acids is 1. The molecule has 1 aliphatic carbocycles. The van der Waals surface area contributed by atoms with Crippen LogP contribution < -0.4 is 5.32 Å². The van der Waals surface area contributed by atoms with Gasteiger partial charge in [0.1, 0.15) is 11.1 Å². The zero-order valence-electron chi connectivity index (χ0n) is 13.1. The zero-order chi connectivity index (χ0) is 14.9. The number of hydrogen-bond donors (Lipinski definition) is 1. The second-order valence-electron chi connectivity index (χ2n) is 7.89. The van der Waals surface area contributed by atoms with Crippen LogP contribution in [0.25, 0.3) is 0 Å². The second-order valence-corrected chi connectivity index (χ2v) is 13.4. The predicted molar refractivity (Wildman–Crippen MR) is 81.8 cm³/mol. The van der Waals surface area contributed by atoms with Crippen molar-refractivity contribution in [3.63, 3.8) is 0 Å². The Labute approximate surface area is 118 Å². The van der Waals surface area contributed by atoms with E-state index < -0.39 is 25.3 Å². The molecule has 0 heterocycles. The highest BCUT2D eigenvalue weighted by Gasteiger charge is 2.45. The van der Waals surface area contributed by atoms with Gasteiger partial charge in [0.05, 0.1) is 0 Å². The summed E-state index contributed by atoms with van der Waals surface area (Å²) in [5, 5.41) is 2.87. The molecule has 0 aliphatic heterocycles. The summed E-state index contributed by atoms with van der Waals surface area (Å²) in [6.07, 6.45) is 6.96. The molecule has 0 unspecified atom stereocenters. The molecule has 1 aliphatic rings. The average Bonchev–Trinajstić information content (AvgIpc) is 2.08. The number of rotatable bonds is 3. The Hall–Kier alpha value is -0.953. The highest BCUT2D eigenvalue weighted by molar-refractivity contribution is 6.76. The molecule has 0 saturated heterocycles. The first-order valence-electron chi connectivity index (χ1n) is 6.94. The molecule has 1 amide bonds. The lowest BCUT2D eigenvalue weighted by Gasteiger charge is -2.46. The van der Waals surface area contributed by atoms with E-state index >= 15 is 0 Å². The number of carbonyl (C=O) groups is 1. The number of terminal acetylenes is 1. The number of ether oxygens (including phenoxy) is 1. The summed E-state index contributed by atoms with van der Waals surface area (Å²) >= 11 is 0. The molecule has 108 valence electrons. The van der Waals surface area contributed by atoms with Crippen LogP contribution in [0.5, 0.6) is 0 Å². The number of hydrogen-bond acceptors (Lipinski definition) is 2. The summed E-state index contributed by atoms with van der Waals surface area (Å²) in [5.41, 5.74) is -0.964. The Morgan fingerprint density at radius 2 is 1.95 bits per heavy atom. The van der Waals surface area contributed by atoms with Gasteiger partial charge in [0.15, 0.2) is 0 Å². The van der Waals surface area contributed by atoms with Gasteiger partial charge in [-0.2, -0.15) is 0 Å². The molecular weight excluding hydrogens is 254 g/mol. The molecule has 0 bridgehead atoms. The fourth-order valence-corrected chi connectivity index (χ4v) is 4.71. The molecule has 19 heavy (non-hydrogen) atoms. The normalized spacial score (nSPS) is 27.1. The second kappa shape index (κ2) is 5.20. The molecule has 0 spiro atoms. The minimum absolute atomic E-state index is 0.406. The fourth-order valence-electron chi connectivity index (χ4n) is 2.69. The Bertz CT molecular complexity index is 378. The Morgan fingerprint density at radius 1 is 1.42 bits per heavy atom. The van der Waals surface area contributed by atoms with E-state index in [1.807, 2.05) is 20.8 Å². The number of alkyl carbamates (subject to hydrolysis) is 1. The van der Waals surface area contributed by atoms with Crippen LogP contribution in [0.4, 0.5) is 4.79 Å². The number of nitrogens with one attached hydrogen (secondary N) is 1. The van der Waals surface area contributed by atoms with Crippen LogP contribution in [0, 0.1) is 18.3 Å². The Morgan fingerprint density at radius 3 is 2.32 bits per heavy atom. The van der Waals surface area contributed by atoms with E-state index in [0.29, 0.717) is 5.92 Å². The maximum atomic E-state index is 11.8. The summed E-state index contributed by atoms with van der Waals surface area (Å²) in [4.78, 5) is 11.8. The summed E-state index contributed by atoms with van der Waals surface area (Å²) in [6, 6.07) is 1.27. The largest absolute Gasteiger partial charge is 0.444 e. The molecule has 1 fully saturated rings. The maximum absolute atomic E-state index is 11.8. The number of amides is 1. The summed E-state index contributed by atoms with van der Waals surface area (Å²) in [5.74, 6) is 3.40. The average molecular weight is 281 g/mol. The highest BCUT2D eigenvalue weighted by atomic mass is 28.3. The van der Waals surface area contributed by atoms with Crippen LogP contribution in [0.2, 0.25) is 25.7 Å². The van der Waals surface area contributed by atoms with Gasteiger partial charge in [0, 0.05) is 8.07 Å².